The van der Waals surface area contributed by atoms with Crippen molar-refractivity contribution < 1.29 is 9.90 Å². The van der Waals surface area contributed by atoms with Gasteiger partial charge in [0.2, 0.25) is 0 Å². The molecule has 0 radical (unpaired) electrons. The molecule has 0 saturated carbocycles. The molecular weight excluding hydrogens is 230 g/mol. The maximum atomic E-state index is 11.0. The highest BCUT2D eigenvalue weighted by Gasteiger charge is 2.18. The third kappa shape index (κ3) is 2.34. The summed E-state index contributed by atoms with van der Waals surface area (Å²) in [5.41, 5.74) is 1.88. The average molecular weight is 247 g/mol. The number of benzene rings is 1. The van der Waals surface area contributed by atoms with Gasteiger partial charge in [0.15, 0.2) is 0 Å². The average Bonchev–Trinajstić information content (AvgIpc) is 2.71. The number of carboxylic acids is 1. The minimum absolute atomic E-state index is 0.111. The standard InChI is InChI=1S/C13H17N3O2/c1-4-13(2,3)8-16-11-7-9(12(17)18)5-6-10(11)14-15-16/h5-7H,4,8H2,1-3H3,(H,17,18). The molecule has 1 aromatic carbocycles. The van der Waals surface area contributed by atoms with Crippen molar-refractivity contribution in [1.29, 1.82) is 0 Å². The van der Waals surface area contributed by atoms with E-state index in [4.69, 9.17) is 5.11 Å². The number of fused-ring (bicyclic) bond motifs is 1. The zero-order valence-corrected chi connectivity index (χ0v) is 10.8. The number of rotatable bonds is 4. The van der Waals surface area contributed by atoms with Crippen molar-refractivity contribution in [3.63, 3.8) is 0 Å². The summed E-state index contributed by atoms with van der Waals surface area (Å²) in [6, 6.07) is 4.87. The number of hydrogen-bond acceptors (Lipinski definition) is 3. The van der Waals surface area contributed by atoms with Gasteiger partial charge < -0.3 is 5.11 Å². The van der Waals surface area contributed by atoms with E-state index in [-0.39, 0.29) is 11.0 Å². The third-order valence-corrected chi connectivity index (χ3v) is 3.30. The van der Waals surface area contributed by atoms with Crippen LogP contribution in [0.2, 0.25) is 0 Å². The summed E-state index contributed by atoms with van der Waals surface area (Å²) < 4.78 is 1.78. The second kappa shape index (κ2) is 4.40. The summed E-state index contributed by atoms with van der Waals surface area (Å²) in [5, 5.41) is 17.2. The summed E-state index contributed by atoms with van der Waals surface area (Å²) in [5.74, 6) is -0.931. The van der Waals surface area contributed by atoms with Crippen LogP contribution in [0.1, 0.15) is 37.6 Å². The smallest absolute Gasteiger partial charge is 0.335 e. The Morgan fingerprint density at radius 1 is 1.44 bits per heavy atom. The van der Waals surface area contributed by atoms with Crippen LogP contribution in [0.4, 0.5) is 0 Å². The Labute approximate surface area is 105 Å². The van der Waals surface area contributed by atoms with Gasteiger partial charge >= 0.3 is 5.97 Å². The molecule has 0 aliphatic carbocycles. The van der Waals surface area contributed by atoms with Gasteiger partial charge in [-0.3, -0.25) is 0 Å². The van der Waals surface area contributed by atoms with Gasteiger partial charge in [-0.25, -0.2) is 9.48 Å². The normalized spacial score (nSPS) is 11.9. The molecule has 0 bridgehead atoms. The van der Waals surface area contributed by atoms with Crippen LogP contribution in [-0.4, -0.2) is 26.1 Å². The van der Waals surface area contributed by atoms with Gasteiger partial charge in [-0.05, 0) is 30.0 Å². The van der Waals surface area contributed by atoms with Crippen LogP contribution in [-0.2, 0) is 6.54 Å². The van der Waals surface area contributed by atoms with Crippen LogP contribution in [0.3, 0.4) is 0 Å². The molecule has 0 aliphatic rings. The van der Waals surface area contributed by atoms with E-state index in [0.29, 0.717) is 0 Å². The second-order valence-corrected chi connectivity index (χ2v) is 5.27. The zero-order valence-electron chi connectivity index (χ0n) is 10.8. The molecule has 0 spiro atoms. The van der Waals surface area contributed by atoms with Gasteiger partial charge in [-0.2, -0.15) is 0 Å². The molecule has 2 aromatic rings. The summed E-state index contributed by atoms with van der Waals surface area (Å²) in [7, 11) is 0. The van der Waals surface area contributed by atoms with E-state index in [1.54, 1.807) is 22.9 Å². The van der Waals surface area contributed by atoms with Crippen LogP contribution in [0.5, 0.6) is 0 Å². The number of nitrogens with zero attached hydrogens (tertiary/aromatic N) is 3. The number of carbonyl (C=O) groups is 1. The Balaban J connectivity index is 2.45. The van der Waals surface area contributed by atoms with Crippen LogP contribution in [0.25, 0.3) is 11.0 Å². The number of hydrogen-bond donors (Lipinski definition) is 1. The monoisotopic (exact) mass is 247 g/mol. The van der Waals surface area contributed by atoms with Crippen molar-refractivity contribution in [2.45, 2.75) is 33.7 Å². The van der Waals surface area contributed by atoms with Crippen molar-refractivity contribution >= 4 is 17.0 Å². The van der Waals surface area contributed by atoms with E-state index in [2.05, 4.69) is 31.1 Å². The Bertz CT molecular complexity index is 587. The Hall–Kier alpha value is -1.91. The maximum absolute atomic E-state index is 11.0. The van der Waals surface area contributed by atoms with Gasteiger partial charge in [0.25, 0.3) is 0 Å². The van der Waals surface area contributed by atoms with Crippen molar-refractivity contribution in [2.75, 3.05) is 0 Å². The van der Waals surface area contributed by atoms with Gasteiger partial charge in [-0.1, -0.05) is 26.0 Å². The third-order valence-electron chi connectivity index (χ3n) is 3.30. The molecular formula is C13H17N3O2. The number of aromatic carboxylic acids is 1. The molecule has 5 heteroatoms. The van der Waals surface area contributed by atoms with E-state index in [9.17, 15) is 4.79 Å². The van der Waals surface area contributed by atoms with Gasteiger partial charge in [0.1, 0.15) is 5.52 Å². The van der Waals surface area contributed by atoms with Crippen LogP contribution in [0.15, 0.2) is 18.2 Å². The number of carboxylic acid groups (broad SMARTS) is 1. The minimum Gasteiger partial charge on any atom is -0.478 e. The molecule has 2 rings (SSSR count). The first-order valence-electron chi connectivity index (χ1n) is 5.99. The Morgan fingerprint density at radius 2 is 2.17 bits per heavy atom. The van der Waals surface area contributed by atoms with E-state index < -0.39 is 5.97 Å². The predicted octanol–water partition coefficient (Wildman–Crippen LogP) is 2.57. The van der Waals surface area contributed by atoms with E-state index >= 15 is 0 Å². The first-order valence-corrected chi connectivity index (χ1v) is 5.99. The van der Waals surface area contributed by atoms with Gasteiger partial charge in [-0.15, -0.1) is 5.10 Å². The fourth-order valence-corrected chi connectivity index (χ4v) is 1.73. The molecule has 0 unspecified atom stereocenters. The first kappa shape index (κ1) is 12.5. The Kier molecular flexibility index (Phi) is 3.07. The lowest BCUT2D eigenvalue weighted by Gasteiger charge is -2.22. The predicted molar refractivity (Wildman–Crippen MR) is 68.6 cm³/mol. The summed E-state index contributed by atoms with van der Waals surface area (Å²) in [4.78, 5) is 11.0. The molecule has 0 aliphatic heterocycles. The largest absolute Gasteiger partial charge is 0.478 e. The molecule has 0 fully saturated rings. The van der Waals surface area contributed by atoms with Crippen LogP contribution < -0.4 is 0 Å². The van der Waals surface area contributed by atoms with Gasteiger partial charge in [0.05, 0.1) is 11.1 Å². The molecule has 1 N–H and O–H groups in total. The second-order valence-electron chi connectivity index (χ2n) is 5.27. The minimum atomic E-state index is -0.931. The SMILES string of the molecule is CCC(C)(C)Cn1nnc2ccc(C(=O)O)cc21. The first-order chi connectivity index (χ1) is 8.43. The molecule has 96 valence electrons. The molecule has 0 saturated heterocycles. The molecule has 1 heterocycles. The van der Waals surface area contributed by atoms with Gasteiger partial charge in [0, 0.05) is 6.54 Å². The Morgan fingerprint density at radius 3 is 2.78 bits per heavy atom. The van der Waals surface area contributed by atoms with Crippen molar-refractivity contribution in [3.05, 3.63) is 23.8 Å². The maximum Gasteiger partial charge on any atom is 0.335 e. The zero-order chi connectivity index (χ0) is 13.3. The lowest BCUT2D eigenvalue weighted by Crippen LogP contribution is -2.19. The van der Waals surface area contributed by atoms with Crippen molar-refractivity contribution in [1.82, 2.24) is 15.0 Å². The van der Waals surface area contributed by atoms with Crippen molar-refractivity contribution in [3.8, 4) is 0 Å². The van der Waals surface area contributed by atoms with Crippen molar-refractivity contribution in [2.24, 2.45) is 5.41 Å². The fourth-order valence-electron chi connectivity index (χ4n) is 1.73. The molecule has 0 amide bonds. The van der Waals surface area contributed by atoms with E-state index in [0.717, 1.165) is 24.0 Å². The fraction of sp³-hybridized carbons (Fsp3) is 0.462. The molecule has 1 aromatic heterocycles. The molecule has 0 atom stereocenters. The summed E-state index contributed by atoms with van der Waals surface area (Å²) in [6.45, 7) is 7.16. The number of aromatic nitrogens is 3. The lowest BCUT2D eigenvalue weighted by atomic mass is 9.90. The topological polar surface area (TPSA) is 68.0 Å². The van der Waals surface area contributed by atoms with Crippen LogP contribution >= 0.6 is 0 Å². The highest BCUT2D eigenvalue weighted by atomic mass is 16.4. The lowest BCUT2D eigenvalue weighted by molar-refractivity contribution is 0.0697. The summed E-state index contributed by atoms with van der Waals surface area (Å²) >= 11 is 0. The molecule has 5 nitrogen and oxygen atoms in total. The van der Waals surface area contributed by atoms with E-state index in [1.165, 1.54) is 0 Å². The van der Waals surface area contributed by atoms with E-state index in [1.807, 2.05) is 0 Å². The highest BCUT2D eigenvalue weighted by molar-refractivity contribution is 5.92. The molecule has 18 heavy (non-hydrogen) atoms. The van der Waals surface area contributed by atoms with Crippen LogP contribution in [0, 0.1) is 5.41 Å². The highest BCUT2D eigenvalue weighted by Crippen LogP contribution is 2.24. The quantitative estimate of drug-likeness (QED) is 0.901. The summed E-state index contributed by atoms with van der Waals surface area (Å²) in [6.07, 6.45) is 1.02.